The van der Waals surface area contributed by atoms with Crippen molar-refractivity contribution >= 4 is 23.1 Å². The summed E-state index contributed by atoms with van der Waals surface area (Å²) in [5.41, 5.74) is 1.46. The predicted molar refractivity (Wildman–Crippen MR) is 77.6 cm³/mol. The van der Waals surface area contributed by atoms with Gasteiger partial charge in [0.25, 0.3) is 5.56 Å². The lowest BCUT2D eigenvalue weighted by molar-refractivity contribution is -0.131. The number of hydrogen-bond donors (Lipinski definition) is 1. The molecule has 0 spiro atoms. The Labute approximate surface area is 116 Å². The van der Waals surface area contributed by atoms with E-state index in [4.69, 9.17) is 5.11 Å². The van der Waals surface area contributed by atoms with Gasteiger partial charge in [0.15, 0.2) is 0 Å². The highest BCUT2D eigenvalue weighted by Gasteiger charge is 2.04. The number of carbonyl (C=O) groups is 1. The molecule has 0 radical (unpaired) electrons. The zero-order valence-corrected chi connectivity index (χ0v) is 11.2. The third kappa shape index (κ3) is 3.12. The first-order valence-electron chi connectivity index (χ1n) is 6.52. The second-order valence-corrected chi connectivity index (χ2v) is 4.57. The number of aromatic nitrogens is 2. The Balaban J connectivity index is 2.47. The Bertz CT molecular complexity index is 717. The van der Waals surface area contributed by atoms with Gasteiger partial charge in [-0.3, -0.25) is 9.36 Å². The van der Waals surface area contributed by atoms with Crippen LogP contribution in [-0.2, 0) is 11.2 Å². The van der Waals surface area contributed by atoms with Crippen LogP contribution in [0.1, 0.15) is 25.3 Å². The lowest BCUT2D eigenvalue weighted by Crippen LogP contribution is -2.16. The van der Waals surface area contributed by atoms with Gasteiger partial charge in [0, 0.05) is 12.3 Å². The van der Waals surface area contributed by atoms with Gasteiger partial charge in [-0.25, -0.2) is 9.78 Å². The first kappa shape index (κ1) is 14.0. The Morgan fingerprint density at radius 2 is 2.25 bits per heavy atom. The fourth-order valence-corrected chi connectivity index (χ4v) is 1.97. The van der Waals surface area contributed by atoms with Crippen molar-refractivity contribution in [2.24, 2.45) is 0 Å². The molecule has 0 amide bonds. The Kier molecular flexibility index (Phi) is 4.30. The smallest absolute Gasteiger partial charge is 0.329 e. The lowest BCUT2D eigenvalue weighted by atomic mass is 10.1. The lowest BCUT2D eigenvalue weighted by Gasteiger charge is -2.04. The van der Waals surface area contributed by atoms with Crippen molar-refractivity contribution in [3.8, 4) is 0 Å². The van der Waals surface area contributed by atoms with Crippen LogP contribution in [0.15, 0.2) is 35.4 Å². The van der Waals surface area contributed by atoms with Crippen LogP contribution in [0.4, 0.5) is 0 Å². The van der Waals surface area contributed by atoms with Crippen LogP contribution in [0.2, 0.25) is 0 Å². The third-order valence-corrected chi connectivity index (χ3v) is 3.04. The molecule has 20 heavy (non-hydrogen) atoms. The molecule has 0 saturated heterocycles. The number of benzene rings is 1. The molecule has 0 unspecified atom stereocenters. The standard InChI is InChI=1S/C15H16N2O3/c1-2-3-4-11-5-6-13-12(9-11)15(20)17(10-16-13)8-7-14(18)19/h5-10H,2-4H2,1H3,(H,18,19)/b8-7+. The van der Waals surface area contributed by atoms with Crippen molar-refractivity contribution < 1.29 is 9.90 Å². The van der Waals surface area contributed by atoms with E-state index in [9.17, 15) is 9.59 Å². The number of nitrogens with zero attached hydrogens (tertiary/aromatic N) is 2. The molecule has 1 N–H and O–H groups in total. The van der Waals surface area contributed by atoms with Gasteiger partial charge in [0.1, 0.15) is 6.33 Å². The molecule has 2 rings (SSSR count). The number of rotatable bonds is 5. The first-order chi connectivity index (χ1) is 9.61. The van der Waals surface area contributed by atoms with Crippen molar-refractivity contribution in [3.05, 3.63) is 46.5 Å². The van der Waals surface area contributed by atoms with Crippen LogP contribution in [0.5, 0.6) is 0 Å². The monoisotopic (exact) mass is 272 g/mol. The van der Waals surface area contributed by atoms with E-state index in [0.29, 0.717) is 10.9 Å². The van der Waals surface area contributed by atoms with Crippen molar-refractivity contribution in [3.63, 3.8) is 0 Å². The maximum absolute atomic E-state index is 12.2. The van der Waals surface area contributed by atoms with E-state index < -0.39 is 5.97 Å². The molecular weight excluding hydrogens is 256 g/mol. The molecule has 0 saturated carbocycles. The van der Waals surface area contributed by atoms with E-state index in [2.05, 4.69) is 11.9 Å². The average Bonchev–Trinajstić information content (AvgIpc) is 2.44. The summed E-state index contributed by atoms with van der Waals surface area (Å²) in [6, 6.07) is 5.64. The van der Waals surface area contributed by atoms with Gasteiger partial charge in [0.2, 0.25) is 0 Å². The quantitative estimate of drug-likeness (QED) is 0.848. The Morgan fingerprint density at radius 1 is 1.45 bits per heavy atom. The molecule has 5 nitrogen and oxygen atoms in total. The van der Waals surface area contributed by atoms with Crippen molar-refractivity contribution in [2.45, 2.75) is 26.2 Å². The molecule has 2 aromatic rings. The summed E-state index contributed by atoms with van der Waals surface area (Å²) in [4.78, 5) is 26.9. The number of aliphatic carboxylic acids is 1. The number of aryl methyl sites for hydroxylation is 1. The number of fused-ring (bicyclic) bond motifs is 1. The molecule has 0 fully saturated rings. The second-order valence-electron chi connectivity index (χ2n) is 4.57. The molecule has 104 valence electrons. The zero-order valence-electron chi connectivity index (χ0n) is 11.2. The molecule has 0 aliphatic heterocycles. The van der Waals surface area contributed by atoms with Gasteiger partial charge >= 0.3 is 5.97 Å². The summed E-state index contributed by atoms with van der Waals surface area (Å²) >= 11 is 0. The minimum absolute atomic E-state index is 0.258. The summed E-state index contributed by atoms with van der Waals surface area (Å²) in [6.45, 7) is 2.12. The molecular formula is C15H16N2O3. The van der Waals surface area contributed by atoms with Crippen molar-refractivity contribution in [1.82, 2.24) is 9.55 Å². The summed E-state index contributed by atoms with van der Waals surface area (Å²) in [5, 5.41) is 9.11. The highest BCUT2D eigenvalue weighted by Crippen LogP contribution is 2.12. The van der Waals surface area contributed by atoms with Gasteiger partial charge in [-0.05, 0) is 30.5 Å². The number of carboxylic acids is 1. The zero-order chi connectivity index (χ0) is 14.5. The average molecular weight is 272 g/mol. The van der Waals surface area contributed by atoms with Gasteiger partial charge in [-0.2, -0.15) is 0 Å². The fraction of sp³-hybridized carbons (Fsp3) is 0.267. The third-order valence-electron chi connectivity index (χ3n) is 3.04. The highest BCUT2D eigenvalue weighted by atomic mass is 16.4. The Hall–Kier alpha value is -2.43. The van der Waals surface area contributed by atoms with Gasteiger partial charge in [-0.1, -0.05) is 19.4 Å². The summed E-state index contributed by atoms with van der Waals surface area (Å²) < 4.78 is 1.18. The first-order valence-corrected chi connectivity index (χ1v) is 6.52. The molecule has 0 aliphatic rings. The van der Waals surface area contributed by atoms with Crippen LogP contribution in [0.25, 0.3) is 17.1 Å². The van der Waals surface area contributed by atoms with E-state index in [1.807, 2.05) is 18.2 Å². The highest BCUT2D eigenvalue weighted by molar-refractivity contribution is 5.83. The molecule has 0 bridgehead atoms. The number of hydrogen-bond acceptors (Lipinski definition) is 3. The van der Waals surface area contributed by atoms with Gasteiger partial charge in [0.05, 0.1) is 10.9 Å². The van der Waals surface area contributed by atoms with Crippen LogP contribution in [0.3, 0.4) is 0 Å². The minimum atomic E-state index is -1.10. The molecule has 1 heterocycles. The number of unbranched alkanes of at least 4 members (excludes halogenated alkanes) is 1. The number of carboxylic acid groups (broad SMARTS) is 1. The summed E-state index contributed by atoms with van der Waals surface area (Å²) in [7, 11) is 0. The second kappa shape index (κ2) is 6.14. The van der Waals surface area contributed by atoms with Crippen molar-refractivity contribution in [2.75, 3.05) is 0 Å². The molecule has 1 aromatic carbocycles. The summed E-state index contributed by atoms with van der Waals surface area (Å²) in [6.07, 6.45) is 6.53. The topological polar surface area (TPSA) is 72.2 Å². The normalized spacial score (nSPS) is 11.2. The molecule has 5 heteroatoms. The summed E-state index contributed by atoms with van der Waals surface area (Å²) in [5.74, 6) is -1.10. The van der Waals surface area contributed by atoms with E-state index in [0.717, 1.165) is 30.9 Å². The minimum Gasteiger partial charge on any atom is -0.478 e. The van der Waals surface area contributed by atoms with Crippen LogP contribution in [-0.4, -0.2) is 20.6 Å². The van der Waals surface area contributed by atoms with Crippen molar-refractivity contribution in [1.29, 1.82) is 0 Å². The maximum atomic E-state index is 12.2. The van der Waals surface area contributed by atoms with Gasteiger partial charge < -0.3 is 5.11 Å². The van der Waals surface area contributed by atoms with Gasteiger partial charge in [-0.15, -0.1) is 0 Å². The molecule has 0 atom stereocenters. The molecule has 0 aliphatic carbocycles. The largest absolute Gasteiger partial charge is 0.478 e. The van der Waals surface area contributed by atoms with E-state index in [1.165, 1.54) is 17.1 Å². The Morgan fingerprint density at radius 3 is 2.95 bits per heavy atom. The van der Waals surface area contributed by atoms with E-state index in [-0.39, 0.29) is 5.56 Å². The predicted octanol–water partition coefficient (Wildman–Crippen LogP) is 2.29. The molecule has 1 aromatic heterocycles. The van der Waals surface area contributed by atoms with Crippen LogP contribution >= 0.6 is 0 Å². The van der Waals surface area contributed by atoms with Crippen LogP contribution < -0.4 is 5.56 Å². The fourth-order valence-electron chi connectivity index (χ4n) is 1.97. The van der Waals surface area contributed by atoms with E-state index in [1.54, 1.807) is 0 Å². The van der Waals surface area contributed by atoms with E-state index >= 15 is 0 Å². The SMILES string of the molecule is CCCCc1ccc2ncn(/C=C/C(=O)O)c(=O)c2c1. The maximum Gasteiger partial charge on any atom is 0.329 e. The van der Waals surface area contributed by atoms with Crippen LogP contribution in [0, 0.1) is 0 Å².